The predicted molar refractivity (Wildman–Crippen MR) is 118 cm³/mol. The number of halogens is 1. The fourth-order valence-corrected chi connectivity index (χ4v) is 3.58. The summed E-state index contributed by atoms with van der Waals surface area (Å²) in [6.07, 6.45) is 0.167. The van der Waals surface area contributed by atoms with E-state index < -0.39 is 6.10 Å². The molecule has 3 aromatic carbocycles. The van der Waals surface area contributed by atoms with Crippen LogP contribution in [0.25, 0.3) is 0 Å². The van der Waals surface area contributed by atoms with Crippen molar-refractivity contribution in [3.8, 4) is 0 Å². The molecule has 3 aromatic rings. The van der Waals surface area contributed by atoms with E-state index in [9.17, 15) is 9.59 Å². The van der Waals surface area contributed by atoms with Crippen molar-refractivity contribution in [1.29, 1.82) is 0 Å². The van der Waals surface area contributed by atoms with Gasteiger partial charge >= 0.3 is 0 Å². The molecule has 1 unspecified atom stereocenters. The van der Waals surface area contributed by atoms with Crippen LogP contribution in [0.2, 0.25) is 5.02 Å². The second kappa shape index (κ2) is 8.69. The number of carbonyl (C=O) groups excluding carboxylic acids is 2. The van der Waals surface area contributed by atoms with Crippen molar-refractivity contribution in [2.24, 2.45) is 0 Å². The maximum atomic E-state index is 12.7. The van der Waals surface area contributed by atoms with Gasteiger partial charge in [-0.3, -0.25) is 9.59 Å². The Hall–Kier alpha value is -3.15. The molecule has 1 atom stereocenters. The summed E-state index contributed by atoms with van der Waals surface area (Å²) in [7, 11) is 0. The van der Waals surface area contributed by atoms with Crippen molar-refractivity contribution in [1.82, 2.24) is 0 Å². The smallest absolute Gasteiger partial charge is 0.258 e. The summed E-state index contributed by atoms with van der Waals surface area (Å²) in [5.41, 5.74) is 4.67. The number of fused-ring (bicyclic) bond motifs is 1. The normalized spacial score (nSPS) is 15.2. The van der Waals surface area contributed by atoms with E-state index in [0.717, 1.165) is 23.1 Å². The van der Waals surface area contributed by atoms with Gasteiger partial charge in [0.1, 0.15) is 0 Å². The number of hydrogen-bond acceptors (Lipinski definition) is 3. The van der Waals surface area contributed by atoms with E-state index >= 15 is 0 Å². The fourth-order valence-electron chi connectivity index (χ4n) is 3.40. The van der Waals surface area contributed by atoms with Crippen LogP contribution >= 0.6 is 11.6 Å². The summed E-state index contributed by atoms with van der Waals surface area (Å²) < 4.78 is 5.70. The first-order valence-corrected chi connectivity index (χ1v) is 10.1. The minimum atomic E-state index is -0.635. The van der Waals surface area contributed by atoms with E-state index in [-0.39, 0.29) is 11.8 Å². The van der Waals surface area contributed by atoms with Crippen LogP contribution in [0, 0.1) is 6.92 Å². The van der Waals surface area contributed by atoms with Gasteiger partial charge in [-0.2, -0.15) is 0 Å². The molecule has 5 nitrogen and oxygen atoms in total. The highest BCUT2D eigenvalue weighted by atomic mass is 35.5. The molecule has 0 saturated heterocycles. The summed E-state index contributed by atoms with van der Waals surface area (Å²) >= 11 is 6.11. The molecule has 2 amide bonds. The first-order chi connectivity index (χ1) is 14.5. The zero-order valence-corrected chi connectivity index (χ0v) is 17.2. The Bertz CT molecular complexity index is 1100. The van der Waals surface area contributed by atoms with Crippen molar-refractivity contribution >= 4 is 34.8 Å². The lowest BCUT2D eigenvalue weighted by molar-refractivity contribution is -0.128. The van der Waals surface area contributed by atoms with Crippen LogP contribution in [0.3, 0.4) is 0 Å². The molecule has 0 fully saturated rings. The maximum absolute atomic E-state index is 12.7. The Morgan fingerprint density at radius 3 is 2.47 bits per heavy atom. The largest absolute Gasteiger partial charge is 0.363 e. The minimum Gasteiger partial charge on any atom is -0.363 e. The van der Waals surface area contributed by atoms with Crippen molar-refractivity contribution in [3.05, 3.63) is 94.0 Å². The number of benzene rings is 3. The quantitative estimate of drug-likeness (QED) is 0.613. The number of ether oxygens (including phenoxy) is 1. The third-order valence-corrected chi connectivity index (χ3v) is 5.48. The SMILES string of the molecule is Cc1ccc(NC(=O)c2ccc(NC(=O)C3OCCc4ccccc43)cc2)cc1Cl. The first kappa shape index (κ1) is 20.1. The van der Waals surface area contributed by atoms with Gasteiger partial charge in [0, 0.05) is 22.0 Å². The van der Waals surface area contributed by atoms with Crippen molar-refractivity contribution < 1.29 is 14.3 Å². The lowest BCUT2D eigenvalue weighted by Crippen LogP contribution is -2.28. The van der Waals surface area contributed by atoms with Crippen LogP contribution in [0.4, 0.5) is 11.4 Å². The lowest BCUT2D eigenvalue weighted by atomic mass is 9.97. The average molecular weight is 421 g/mol. The summed E-state index contributed by atoms with van der Waals surface area (Å²) in [5.74, 6) is -0.481. The number of anilines is 2. The molecule has 152 valence electrons. The molecule has 0 spiro atoms. The highest BCUT2D eigenvalue weighted by Crippen LogP contribution is 2.28. The topological polar surface area (TPSA) is 67.4 Å². The molecule has 0 radical (unpaired) electrons. The van der Waals surface area contributed by atoms with Gasteiger partial charge in [0.2, 0.25) is 0 Å². The number of aryl methyl sites for hydroxylation is 1. The lowest BCUT2D eigenvalue weighted by Gasteiger charge is -2.25. The van der Waals surface area contributed by atoms with Gasteiger partial charge in [0.15, 0.2) is 6.10 Å². The Labute approximate surface area is 180 Å². The zero-order chi connectivity index (χ0) is 21.1. The minimum absolute atomic E-state index is 0.228. The van der Waals surface area contributed by atoms with E-state index in [1.165, 1.54) is 0 Å². The summed E-state index contributed by atoms with van der Waals surface area (Å²) in [4.78, 5) is 25.2. The third-order valence-electron chi connectivity index (χ3n) is 5.08. The van der Waals surface area contributed by atoms with E-state index in [1.807, 2.05) is 37.3 Å². The maximum Gasteiger partial charge on any atom is 0.258 e. The van der Waals surface area contributed by atoms with Gasteiger partial charge < -0.3 is 15.4 Å². The molecule has 1 aliphatic heterocycles. The van der Waals surface area contributed by atoms with Crippen LogP contribution in [0.15, 0.2) is 66.7 Å². The molecule has 1 aliphatic rings. The number of nitrogens with one attached hydrogen (secondary N) is 2. The summed E-state index contributed by atoms with van der Waals surface area (Å²) in [6, 6.07) is 19.9. The van der Waals surface area contributed by atoms with E-state index in [1.54, 1.807) is 36.4 Å². The average Bonchev–Trinajstić information content (AvgIpc) is 2.76. The van der Waals surface area contributed by atoms with Gasteiger partial charge in [-0.25, -0.2) is 0 Å². The molecule has 1 heterocycles. The Morgan fingerprint density at radius 2 is 1.70 bits per heavy atom. The first-order valence-electron chi connectivity index (χ1n) is 9.69. The molecule has 4 rings (SSSR count). The van der Waals surface area contributed by atoms with Crippen LogP contribution in [0.1, 0.15) is 33.2 Å². The van der Waals surface area contributed by atoms with E-state index in [2.05, 4.69) is 10.6 Å². The molecule has 30 heavy (non-hydrogen) atoms. The van der Waals surface area contributed by atoms with Crippen LogP contribution in [0.5, 0.6) is 0 Å². The highest BCUT2D eigenvalue weighted by molar-refractivity contribution is 6.31. The Balaban J connectivity index is 1.42. The second-order valence-electron chi connectivity index (χ2n) is 7.18. The molecule has 2 N–H and O–H groups in total. The summed E-state index contributed by atoms with van der Waals surface area (Å²) in [5, 5.41) is 6.28. The molecular formula is C24H21ClN2O3. The standard InChI is InChI=1S/C24H21ClN2O3/c1-15-6-9-19(14-21(15)25)27-23(28)17-7-10-18(11-8-17)26-24(29)22-20-5-3-2-4-16(20)12-13-30-22/h2-11,14,22H,12-13H2,1H3,(H,26,29)(H,27,28). The van der Waals surface area contributed by atoms with Crippen LogP contribution in [-0.2, 0) is 16.0 Å². The molecule has 0 saturated carbocycles. The van der Waals surface area contributed by atoms with Crippen LogP contribution < -0.4 is 10.6 Å². The molecular weight excluding hydrogens is 400 g/mol. The van der Waals surface area contributed by atoms with Gasteiger partial charge in [-0.15, -0.1) is 0 Å². The Kier molecular flexibility index (Phi) is 5.84. The van der Waals surface area contributed by atoms with E-state index in [4.69, 9.17) is 16.3 Å². The van der Waals surface area contributed by atoms with Crippen molar-refractivity contribution in [2.45, 2.75) is 19.4 Å². The van der Waals surface area contributed by atoms with E-state index in [0.29, 0.717) is 28.6 Å². The van der Waals surface area contributed by atoms with Crippen molar-refractivity contribution in [2.75, 3.05) is 17.2 Å². The fraction of sp³-hybridized carbons (Fsp3) is 0.167. The predicted octanol–water partition coefficient (Wildman–Crippen LogP) is 5.15. The molecule has 0 aliphatic carbocycles. The Morgan fingerprint density at radius 1 is 0.967 bits per heavy atom. The van der Waals surface area contributed by atoms with Gasteiger partial charge in [-0.1, -0.05) is 41.9 Å². The monoisotopic (exact) mass is 420 g/mol. The van der Waals surface area contributed by atoms with Gasteiger partial charge in [0.25, 0.3) is 11.8 Å². The van der Waals surface area contributed by atoms with Gasteiger partial charge in [-0.05, 0) is 66.4 Å². The van der Waals surface area contributed by atoms with Crippen molar-refractivity contribution in [3.63, 3.8) is 0 Å². The number of amides is 2. The zero-order valence-electron chi connectivity index (χ0n) is 16.4. The third kappa shape index (κ3) is 4.37. The summed E-state index contributed by atoms with van der Waals surface area (Å²) in [6.45, 7) is 2.41. The van der Waals surface area contributed by atoms with Crippen LogP contribution in [-0.4, -0.2) is 18.4 Å². The molecule has 0 aromatic heterocycles. The molecule has 6 heteroatoms. The molecule has 0 bridgehead atoms. The highest BCUT2D eigenvalue weighted by Gasteiger charge is 2.27. The van der Waals surface area contributed by atoms with Gasteiger partial charge in [0.05, 0.1) is 6.61 Å². The number of carbonyl (C=O) groups is 2. The number of rotatable bonds is 4. The number of hydrogen-bond donors (Lipinski definition) is 2. The second-order valence-corrected chi connectivity index (χ2v) is 7.59.